The van der Waals surface area contributed by atoms with E-state index in [2.05, 4.69) is 20.2 Å². The van der Waals surface area contributed by atoms with Crippen LogP contribution in [0, 0.1) is 5.92 Å². The smallest absolute Gasteiger partial charge is 0.227 e. The minimum absolute atomic E-state index is 0.0603. The van der Waals surface area contributed by atoms with Gasteiger partial charge >= 0.3 is 0 Å². The Morgan fingerprint density at radius 1 is 1.07 bits per heavy atom. The molecule has 0 radical (unpaired) electrons. The van der Waals surface area contributed by atoms with Crippen LogP contribution in [0.2, 0.25) is 0 Å². The molecular formula is C22H24N4OS. The fourth-order valence-electron chi connectivity index (χ4n) is 4.43. The van der Waals surface area contributed by atoms with Crippen LogP contribution in [-0.2, 0) is 17.6 Å². The number of amides is 1. The molecule has 28 heavy (non-hydrogen) atoms. The highest BCUT2D eigenvalue weighted by Crippen LogP contribution is 2.40. The number of thiophene rings is 1. The summed E-state index contributed by atoms with van der Waals surface area (Å²) in [5.41, 5.74) is 2.35. The Morgan fingerprint density at radius 2 is 1.86 bits per heavy atom. The molecule has 1 fully saturated rings. The highest BCUT2D eigenvalue weighted by Gasteiger charge is 2.28. The zero-order chi connectivity index (χ0) is 18.9. The minimum atomic E-state index is 0.0603. The van der Waals surface area contributed by atoms with Gasteiger partial charge in [0.1, 0.15) is 17.0 Å². The third-order valence-electron chi connectivity index (χ3n) is 5.94. The third kappa shape index (κ3) is 3.26. The van der Waals surface area contributed by atoms with Gasteiger partial charge in [0, 0.05) is 29.6 Å². The van der Waals surface area contributed by atoms with E-state index < -0.39 is 0 Å². The van der Waals surface area contributed by atoms with Crippen molar-refractivity contribution in [1.29, 1.82) is 0 Å². The topological polar surface area (TPSA) is 58.1 Å². The molecule has 0 atom stereocenters. The Labute approximate surface area is 168 Å². The van der Waals surface area contributed by atoms with Crippen LogP contribution in [0.3, 0.4) is 0 Å². The number of anilines is 2. The summed E-state index contributed by atoms with van der Waals surface area (Å²) >= 11 is 1.84. The normalized spacial score (nSPS) is 17.5. The molecule has 1 aliphatic heterocycles. The molecule has 3 heterocycles. The van der Waals surface area contributed by atoms with Crippen molar-refractivity contribution in [1.82, 2.24) is 9.97 Å². The predicted molar refractivity (Wildman–Crippen MR) is 114 cm³/mol. The first-order valence-corrected chi connectivity index (χ1v) is 11.0. The molecule has 0 unspecified atom stereocenters. The van der Waals surface area contributed by atoms with Gasteiger partial charge in [-0.05, 0) is 56.2 Å². The van der Waals surface area contributed by atoms with Crippen molar-refractivity contribution < 1.29 is 4.79 Å². The standard InChI is InChI=1S/C22H24N4OS/c27-21(25-16-6-2-1-3-7-16)15-10-12-26(13-11-15)20-19-17-8-4-5-9-18(17)28-22(19)24-14-23-20/h1-3,6-7,14-15H,4-5,8-13H2,(H,25,27). The van der Waals surface area contributed by atoms with Gasteiger partial charge in [0.25, 0.3) is 0 Å². The van der Waals surface area contributed by atoms with Crippen LogP contribution < -0.4 is 10.2 Å². The van der Waals surface area contributed by atoms with Gasteiger partial charge in [0.2, 0.25) is 5.91 Å². The Hall–Kier alpha value is -2.47. The van der Waals surface area contributed by atoms with Gasteiger partial charge < -0.3 is 10.2 Å². The van der Waals surface area contributed by atoms with Gasteiger partial charge in [-0.2, -0.15) is 0 Å². The van der Waals surface area contributed by atoms with Crippen molar-refractivity contribution in [3.63, 3.8) is 0 Å². The molecule has 0 spiro atoms. The molecule has 0 saturated carbocycles. The van der Waals surface area contributed by atoms with Crippen molar-refractivity contribution >= 4 is 39.0 Å². The number of aromatic nitrogens is 2. The van der Waals surface area contributed by atoms with Gasteiger partial charge in [-0.25, -0.2) is 9.97 Å². The van der Waals surface area contributed by atoms with Gasteiger partial charge in [-0.3, -0.25) is 4.79 Å². The van der Waals surface area contributed by atoms with Crippen molar-refractivity contribution in [3.8, 4) is 0 Å². The van der Waals surface area contributed by atoms with Crippen LogP contribution in [0.4, 0.5) is 11.5 Å². The van der Waals surface area contributed by atoms with Gasteiger partial charge in [-0.1, -0.05) is 18.2 Å². The fraction of sp³-hybridized carbons (Fsp3) is 0.409. The molecule has 0 bridgehead atoms. The number of nitrogens with one attached hydrogen (secondary N) is 1. The number of benzene rings is 1. The lowest BCUT2D eigenvalue weighted by Crippen LogP contribution is -2.38. The summed E-state index contributed by atoms with van der Waals surface area (Å²) in [4.78, 5) is 26.8. The quantitative estimate of drug-likeness (QED) is 0.717. The SMILES string of the molecule is O=C(Nc1ccccc1)C1CCN(c2ncnc3sc4c(c23)CCCC4)CC1. The summed E-state index contributed by atoms with van der Waals surface area (Å²) in [5.74, 6) is 1.27. The lowest BCUT2D eigenvalue weighted by molar-refractivity contribution is -0.120. The fourth-order valence-corrected chi connectivity index (χ4v) is 5.66. The molecule has 1 aromatic carbocycles. The Balaban J connectivity index is 1.32. The second-order valence-electron chi connectivity index (χ2n) is 7.70. The molecule has 5 rings (SSSR count). The molecule has 1 amide bonds. The van der Waals surface area contributed by atoms with Gasteiger partial charge in [-0.15, -0.1) is 11.3 Å². The van der Waals surface area contributed by atoms with E-state index in [1.54, 1.807) is 6.33 Å². The Bertz CT molecular complexity index is 992. The first kappa shape index (κ1) is 17.6. The maximum absolute atomic E-state index is 12.6. The molecule has 2 aromatic heterocycles. The second-order valence-corrected chi connectivity index (χ2v) is 8.79. The van der Waals surface area contributed by atoms with E-state index in [0.717, 1.165) is 48.7 Å². The number of hydrogen-bond donors (Lipinski definition) is 1. The lowest BCUT2D eigenvalue weighted by atomic mass is 9.94. The summed E-state index contributed by atoms with van der Waals surface area (Å²) in [6, 6.07) is 9.72. The molecule has 6 heteroatoms. The van der Waals surface area contributed by atoms with E-state index in [1.165, 1.54) is 35.1 Å². The number of hydrogen-bond acceptors (Lipinski definition) is 5. The van der Waals surface area contributed by atoms with Crippen LogP contribution in [0.1, 0.15) is 36.1 Å². The summed E-state index contributed by atoms with van der Waals surface area (Å²) in [6.45, 7) is 1.73. The van der Waals surface area contributed by atoms with Gasteiger partial charge in [0.15, 0.2) is 0 Å². The molecule has 1 N–H and O–H groups in total. The van der Waals surface area contributed by atoms with Crippen molar-refractivity contribution in [2.75, 3.05) is 23.3 Å². The summed E-state index contributed by atoms with van der Waals surface area (Å²) < 4.78 is 0. The molecule has 1 saturated heterocycles. The van der Waals surface area contributed by atoms with E-state index in [-0.39, 0.29) is 11.8 Å². The molecule has 3 aromatic rings. The summed E-state index contributed by atoms with van der Waals surface area (Å²) in [7, 11) is 0. The lowest BCUT2D eigenvalue weighted by Gasteiger charge is -2.32. The summed E-state index contributed by atoms with van der Waals surface area (Å²) in [5, 5.41) is 4.32. The van der Waals surface area contributed by atoms with Crippen molar-refractivity contribution in [2.45, 2.75) is 38.5 Å². The van der Waals surface area contributed by atoms with Crippen LogP contribution in [0.25, 0.3) is 10.2 Å². The van der Waals surface area contributed by atoms with Crippen molar-refractivity contribution in [2.24, 2.45) is 5.92 Å². The number of fused-ring (bicyclic) bond motifs is 3. The molecule has 144 valence electrons. The highest BCUT2D eigenvalue weighted by molar-refractivity contribution is 7.19. The summed E-state index contributed by atoms with van der Waals surface area (Å²) in [6.07, 6.45) is 8.28. The van der Waals surface area contributed by atoms with E-state index in [0.29, 0.717) is 0 Å². The third-order valence-corrected chi connectivity index (χ3v) is 7.14. The largest absolute Gasteiger partial charge is 0.356 e. The van der Waals surface area contributed by atoms with E-state index in [9.17, 15) is 4.79 Å². The number of piperidine rings is 1. The number of rotatable bonds is 3. The Kier molecular flexibility index (Phi) is 4.72. The molecule has 2 aliphatic rings. The van der Waals surface area contributed by atoms with E-state index >= 15 is 0 Å². The highest BCUT2D eigenvalue weighted by atomic mass is 32.1. The predicted octanol–water partition coefficient (Wildman–Crippen LogP) is 4.43. The van der Waals surface area contributed by atoms with E-state index in [1.807, 2.05) is 41.7 Å². The monoisotopic (exact) mass is 392 g/mol. The van der Waals surface area contributed by atoms with Gasteiger partial charge in [0.05, 0.1) is 5.39 Å². The van der Waals surface area contributed by atoms with E-state index in [4.69, 9.17) is 0 Å². The number of carbonyl (C=O) groups is 1. The maximum atomic E-state index is 12.6. The molecular weight excluding hydrogens is 368 g/mol. The molecule has 5 nitrogen and oxygen atoms in total. The van der Waals surface area contributed by atoms with Crippen LogP contribution in [0.5, 0.6) is 0 Å². The number of carbonyl (C=O) groups excluding carboxylic acids is 1. The minimum Gasteiger partial charge on any atom is -0.356 e. The Morgan fingerprint density at radius 3 is 2.68 bits per heavy atom. The number of aryl methyl sites for hydroxylation is 2. The number of nitrogens with zero attached hydrogens (tertiary/aromatic N) is 3. The van der Waals surface area contributed by atoms with Crippen LogP contribution >= 0.6 is 11.3 Å². The number of para-hydroxylation sites is 1. The van der Waals surface area contributed by atoms with Crippen LogP contribution in [0.15, 0.2) is 36.7 Å². The first-order chi connectivity index (χ1) is 13.8. The molecule has 1 aliphatic carbocycles. The average molecular weight is 393 g/mol. The maximum Gasteiger partial charge on any atom is 0.227 e. The second kappa shape index (κ2) is 7.51. The zero-order valence-electron chi connectivity index (χ0n) is 15.9. The average Bonchev–Trinajstić information content (AvgIpc) is 3.13. The van der Waals surface area contributed by atoms with Crippen molar-refractivity contribution in [3.05, 3.63) is 47.1 Å². The first-order valence-electron chi connectivity index (χ1n) is 10.2. The zero-order valence-corrected chi connectivity index (χ0v) is 16.7. The van der Waals surface area contributed by atoms with Crippen LogP contribution in [-0.4, -0.2) is 29.0 Å².